The average molecular weight is 441 g/mol. The number of aromatic nitrogens is 2. The van der Waals surface area contributed by atoms with E-state index >= 15 is 0 Å². The Morgan fingerprint density at radius 1 is 1.16 bits per heavy atom. The highest BCUT2D eigenvalue weighted by Gasteiger charge is 2.16. The Labute approximate surface area is 186 Å². The summed E-state index contributed by atoms with van der Waals surface area (Å²) in [7, 11) is 0. The summed E-state index contributed by atoms with van der Waals surface area (Å²) in [5.41, 5.74) is 11.2. The lowest BCUT2D eigenvalue weighted by molar-refractivity contribution is -0.124. The molecule has 1 heterocycles. The van der Waals surface area contributed by atoms with Crippen molar-refractivity contribution in [1.29, 1.82) is 0 Å². The van der Waals surface area contributed by atoms with E-state index in [1.807, 2.05) is 51.1 Å². The third-order valence-corrected chi connectivity index (χ3v) is 5.05. The second-order valence-corrected chi connectivity index (χ2v) is 7.63. The fourth-order valence-electron chi connectivity index (χ4n) is 3.35. The van der Waals surface area contributed by atoms with E-state index in [-0.39, 0.29) is 13.2 Å². The molecule has 1 amide bonds. The van der Waals surface area contributed by atoms with Crippen LogP contribution in [-0.4, -0.2) is 52.1 Å². The van der Waals surface area contributed by atoms with Gasteiger partial charge in [0.15, 0.2) is 0 Å². The number of aryl methyl sites for hydroxylation is 3. The second kappa shape index (κ2) is 10.4. The van der Waals surface area contributed by atoms with Crippen LogP contribution in [0.15, 0.2) is 34.9 Å². The van der Waals surface area contributed by atoms with Crippen LogP contribution in [0.1, 0.15) is 22.3 Å². The molecule has 32 heavy (non-hydrogen) atoms. The third-order valence-electron chi connectivity index (χ3n) is 5.05. The lowest BCUT2D eigenvalue weighted by Gasteiger charge is -2.16. The fourth-order valence-corrected chi connectivity index (χ4v) is 3.35. The van der Waals surface area contributed by atoms with Gasteiger partial charge in [-0.15, -0.1) is 0 Å². The number of ether oxygens (including phenoxy) is 1. The Morgan fingerprint density at radius 3 is 2.47 bits per heavy atom. The van der Waals surface area contributed by atoms with Crippen LogP contribution in [0.4, 0.5) is 0 Å². The summed E-state index contributed by atoms with van der Waals surface area (Å²) in [5.74, 6) is 0.976. The molecule has 1 atom stereocenters. The molecule has 3 aromatic rings. The average Bonchev–Trinajstić information content (AvgIpc) is 3.27. The Kier molecular flexibility index (Phi) is 7.57. The van der Waals surface area contributed by atoms with Gasteiger partial charge in [0.2, 0.25) is 11.7 Å². The molecule has 0 radical (unpaired) electrons. The molecule has 0 aliphatic rings. The van der Waals surface area contributed by atoms with Crippen molar-refractivity contribution in [2.24, 2.45) is 5.73 Å². The minimum Gasteiger partial charge on any atom is -0.490 e. The van der Waals surface area contributed by atoms with Crippen LogP contribution in [0, 0.1) is 20.8 Å². The fraction of sp³-hybridized carbons (Fsp3) is 0.348. The largest absolute Gasteiger partial charge is 0.490 e. The minimum atomic E-state index is -0.905. The number of benzene rings is 2. The number of nitrogens with zero attached hydrogens (tertiary/aromatic N) is 2. The summed E-state index contributed by atoms with van der Waals surface area (Å²) >= 11 is 0. The van der Waals surface area contributed by atoms with Crippen LogP contribution in [0.5, 0.6) is 5.75 Å². The molecule has 0 aliphatic heterocycles. The first kappa shape index (κ1) is 23.4. The van der Waals surface area contributed by atoms with E-state index in [0.717, 1.165) is 33.4 Å². The van der Waals surface area contributed by atoms with Crippen molar-refractivity contribution >= 4 is 5.91 Å². The number of rotatable bonds is 9. The SMILES string of the molecule is Cc1cc(-c2nc(-c3cc(C)c(OCC(O)CNC(=O)CO)c(C)c3)no2)ccc1CN. The van der Waals surface area contributed by atoms with Crippen molar-refractivity contribution in [3.8, 4) is 28.6 Å². The number of carbonyl (C=O) groups is 1. The number of hydrogen-bond donors (Lipinski definition) is 4. The van der Waals surface area contributed by atoms with E-state index in [1.54, 1.807) is 0 Å². The normalized spacial score (nSPS) is 11.9. The molecule has 0 saturated heterocycles. The predicted octanol–water partition coefficient (Wildman–Crippen LogP) is 1.64. The lowest BCUT2D eigenvalue weighted by atomic mass is 10.0. The van der Waals surface area contributed by atoms with E-state index in [4.69, 9.17) is 20.1 Å². The van der Waals surface area contributed by atoms with Gasteiger partial charge in [-0.3, -0.25) is 4.79 Å². The van der Waals surface area contributed by atoms with E-state index in [0.29, 0.717) is 24.0 Å². The topological polar surface area (TPSA) is 144 Å². The van der Waals surface area contributed by atoms with Crippen molar-refractivity contribution in [2.45, 2.75) is 33.4 Å². The molecule has 2 aromatic carbocycles. The van der Waals surface area contributed by atoms with Gasteiger partial charge in [0.05, 0.1) is 0 Å². The molecule has 0 spiro atoms. The van der Waals surface area contributed by atoms with Gasteiger partial charge in [0.1, 0.15) is 25.1 Å². The van der Waals surface area contributed by atoms with Gasteiger partial charge in [-0.05, 0) is 67.3 Å². The first-order valence-corrected chi connectivity index (χ1v) is 10.3. The predicted molar refractivity (Wildman–Crippen MR) is 119 cm³/mol. The van der Waals surface area contributed by atoms with Crippen molar-refractivity contribution in [3.05, 3.63) is 52.6 Å². The summed E-state index contributed by atoms with van der Waals surface area (Å²) < 4.78 is 11.2. The molecule has 1 unspecified atom stereocenters. The van der Waals surface area contributed by atoms with Crippen molar-refractivity contribution in [3.63, 3.8) is 0 Å². The highest BCUT2D eigenvalue weighted by Crippen LogP contribution is 2.30. The molecule has 1 aromatic heterocycles. The van der Waals surface area contributed by atoms with Crippen molar-refractivity contribution < 1.29 is 24.3 Å². The zero-order valence-corrected chi connectivity index (χ0v) is 18.4. The van der Waals surface area contributed by atoms with Crippen molar-refractivity contribution in [1.82, 2.24) is 15.5 Å². The summed E-state index contributed by atoms with van der Waals surface area (Å²) in [4.78, 5) is 15.6. The molecule has 9 nitrogen and oxygen atoms in total. The first-order valence-electron chi connectivity index (χ1n) is 10.3. The highest BCUT2D eigenvalue weighted by molar-refractivity contribution is 5.76. The highest BCUT2D eigenvalue weighted by atomic mass is 16.5. The standard InChI is InChI=1S/C23H28N4O5/c1-13-6-16(4-5-17(13)9-24)23-26-22(27-32-23)18-7-14(2)21(15(3)8-18)31-12-19(29)10-25-20(30)11-28/h4-8,19,28-29H,9-12,24H2,1-3H3,(H,25,30). The van der Waals surface area contributed by atoms with Crippen LogP contribution in [-0.2, 0) is 11.3 Å². The van der Waals surface area contributed by atoms with E-state index in [1.165, 1.54) is 0 Å². The molecule has 3 rings (SSSR count). The Balaban J connectivity index is 1.72. The van der Waals surface area contributed by atoms with Gasteiger partial charge in [-0.25, -0.2) is 0 Å². The Morgan fingerprint density at radius 2 is 1.84 bits per heavy atom. The summed E-state index contributed by atoms with van der Waals surface area (Å²) in [6.45, 7) is 5.62. The molecule has 9 heteroatoms. The van der Waals surface area contributed by atoms with E-state index in [2.05, 4.69) is 15.5 Å². The Hall–Kier alpha value is -3.27. The summed E-state index contributed by atoms with van der Waals surface area (Å²) in [6.07, 6.45) is -0.905. The number of aliphatic hydroxyl groups excluding tert-OH is 2. The number of nitrogens with two attached hydrogens (primary N) is 1. The smallest absolute Gasteiger partial charge is 0.258 e. The Bertz CT molecular complexity index is 1070. The van der Waals surface area contributed by atoms with Gasteiger partial charge in [-0.2, -0.15) is 4.98 Å². The maximum Gasteiger partial charge on any atom is 0.258 e. The van der Waals surface area contributed by atoms with Crippen LogP contribution in [0.2, 0.25) is 0 Å². The number of hydrogen-bond acceptors (Lipinski definition) is 8. The van der Waals surface area contributed by atoms with Crippen LogP contribution in [0.25, 0.3) is 22.8 Å². The first-order chi connectivity index (χ1) is 15.3. The van der Waals surface area contributed by atoms with Crippen molar-refractivity contribution in [2.75, 3.05) is 19.8 Å². The van der Waals surface area contributed by atoms with Crippen LogP contribution < -0.4 is 15.8 Å². The maximum absolute atomic E-state index is 11.1. The monoisotopic (exact) mass is 440 g/mol. The number of amides is 1. The van der Waals surface area contributed by atoms with Gasteiger partial charge >= 0.3 is 0 Å². The maximum atomic E-state index is 11.1. The number of aliphatic hydroxyl groups is 2. The molecular weight excluding hydrogens is 412 g/mol. The molecule has 0 bridgehead atoms. The molecular formula is C23H28N4O5. The molecule has 0 aliphatic carbocycles. The molecule has 5 N–H and O–H groups in total. The van der Waals surface area contributed by atoms with E-state index in [9.17, 15) is 9.90 Å². The lowest BCUT2D eigenvalue weighted by Crippen LogP contribution is -2.36. The molecule has 170 valence electrons. The van der Waals surface area contributed by atoms with Crippen LogP contribution in [0.3, 0.4) is 0 Å². The number of carbonyl (C=O) groups excluding carboxylic acids is 1. The summed E-state index contributed by atoms with van der Waals surface area (Å²) in [5, 5.41) is 25.2. The number of nitrogens with one attached hydrogen (secondary N) is 1. The van der Waals surface area contributed by atoms with Crippen LogP contribution >= 0.6 is 0 Å². The van der Waals surface area contributed by atoms with Gasteiger partial charge in [0, 0.05) is 24.2 Å². The zero-order valence-electron chi connectivity index (χ0n) is 18.4. The quantitative estimate of drug-likeness (QED) is 0.393. The molecule has 0 fully saturated rings. The second-order valence-electron chi connectivity index (χ2n) is 7.63. The van der Waals surface area contributed by atoms with Gasteiger partial charge < -0.3 is 30.5 Å². The zero-order chi connectivity index (χ0) is 23.3. The molecule has 0 saturated carbocycles. The third kappa shape index (κ3) is 5.50. The van der Waals surface area contributed by atoms with E-state index < -0.39 is 18.6 Å². The minimum absolute atomic E-state index is 0.00274. The summed E-state index contributed by atoms with van der Waals surface area (Å²) in [6, 6.07) is 9.62. The van der Waals surface area contributed by atoms with Gasteiger partial charge in [0.25, 0.3) is 5.89 Å². The van der Waals surface area contributed by atoms with Gasteiger partial charge in [-0.1, -0.05) is 11.2 Å².